The highest BCUT2D eigenvalue weighted by atomic mass is 31.2. The molecule has 1 fully saturated rings. The Balaban J connectivity index is 2.54. The summed E-state index contributed by atoms with van der Waals surface area (Å²) >= 11 is 0. The van der Waals surface area contributed by atoms with Gasteiger partial charge in [0.2, 0.25) is 0 Å². The predicted molar refractivity (Wildman–Crippen MR) is 207 cm³/mol. The molecule has 13 nitrogen and oxygen atoms in total. The molecule has 0 amide bonds. The van der Waals surface area contributed by atoms with Gasteiger partial charge in [-0.2, -0.15) is 0 Å². The first kappa shape index (κ1) is 50.3. The number of rotatable bonds is 33. The molecule has 6 unspecified atom stereocenters. The first-order chi connectivity index (χ1) is 25.9. The van der Waals surface area contributed by atoms with Crippen LogP contribution in [0, 0.1) is 0 Å². The zero-order valence-corrected chi connectivity index (χ0v) is 33.9. The summed E-state index contributed by atoms with van der Waals surface area (Å²) in [5, 5.41) is 50.0. The normalized spacial score (nSPS) is 23.5. The first-order valence-electron chi connectivity index (χ1n) is 20.6. The lowest BCUT2D eigenvalue weighted by atomic mass is 9.85. The van der Waals surface area contributed by atoms with Crippen molar-refractivity contribution in [3.63, 3.8) is 0 Å². The predicted octanol–water partition coefficient (Wildman–Crippen LogP) is 6.89. The van der Waals surface area contributed by atoms with Gasteiger partial charge >= 0.3 is 19.8 Å². The number of aliphatic hydroxyl groups excluding tert-OH is 5. The molecule has 1 aliphatic carbocycles. The average molecular weight is 793 g/mol. The summed E-state index contributed by atoms with van der Waals surface area (Å²) in [5.74, 6) is -1.13. The molecule has 54 heavy (non-hydrogen) atoms. The molecule has 0 aromatic carbocycles. The molecule has 8 atom stereocenters. The molecule has 1 aliphatic rings. The van der Waals surface area contributed by atoms with Crippen LogP contribution in [0.3, 0.4) is 0 Å². The van der Waals surface area contributed by atoms with Crippen LogP contribution in [0.2, 0.25) is 0 Å². The minimum absolute atomic E-state index is 0.0844. The summed E-state index contributed by atoms with van der Waals surface area (Å²) in [6.07, 6.45) is 18.2. The van der Waals surface area contributed by atoms with Crippen molar-refractivity contribution in [1.82, 2.24) is 0 Å². The Bertz CT molecular complexity index is 1050. The lowest BCUT2D eigenvalue weighted by Gasteiger charge is -2.41. The molecule has 1 rings (SSSR count). The maximum atomic E-state index is 12.7. The van der Waals surface area contributed by atoms with E-state index in [0.29, 0.717) is 12.8 Å². The molecular weight excluding hydrogens is 719 g/mol. The van der Waals surface area contributed by atoms with Crippen molar-refractivity contribution in [2.24, 2.45) is 0 Å². The van der Waals surface area contributed by atoms with Gasteiger partial charge < -0.3 is 39.9 Å². The third-order valence-electron chi connectivity index (χ3n) is 9.52. The highest BCUT2D eigenvalue weighted by Gasteiger charge is 2.51. The zero-order chi connectivity index (χ0) is 40.0. The van der Waals surface area contributed by atoms with Crippen molar-refractivity contribution >= 4 is 19.8 Å². The molecule has 0 aromatic heterocycles. The lowest BCUT2D eigenvalue weighted by molar-refractivity contribution is -0.220. The van der Waals surface area contributed by atoms with Gasteiger partial charge in [-0.15, -0.1) is 0 Å². The fraction of sp³-hybridized carbons (Fsp3) is 0.850. The summed E-state index contributed by atoms with van der Waals surface area (Å²) in [4.78, 5) is 35.5. The Morgan fingerprint density at radius 1 is 0.556 bits per heavy atom. The van der Waals surface area contributed by atoms with E-state index in [1.807, 2.05) is 0 Å². The summed E-state index contributed by atoms with van der Waals surface area (Å²) in [7, 11) is -5.11. The number of ether oxygens (including phenoxy) is 2. The minimum Gasteiger partial charge on any atom is -0.462 e. The van der Waals surface area contributed by atoms with Gasteiger partial charge in [-0.3, -0.25) is 18.6 Å². The van der Waals surface area contributed by atoms with E-state index in [1.165, 1.54) is 57.8 Å². The van der Waals surface area contributed by atoms with E-state index < -0.39 is 75.7 Å². The van der Waals surface area contributed by atoms with Crippen LogP contribution in [0.5, 0.6) is 0 Å². The number of unbranched alkanes of at least 4 members (excludes halogenated alkanes) is 17. The summed E-state index contributed by atoms with van der Waals surface area (Å²) in [6, 6.07) is 0. The molecule has 0 saturated heterocycles. The van der Waals surface area contributed by atoms with E-state index in [4.69, 9.17) is 18.5 Å². The van der Waals surface area contributed by atoms with Crippen molar-refractivity contribution in [1.29, 1.82) is 0 Å². The van der Waals surface area contributed by atoms with E-state index in [0.717, 1.165) is 64.2 Å². The Morgan fingerprint density at radius 2 is 0.944 bits per heavy atom. The van der Waals surface area contributed by atoms with Crippen LogP contribution in [-0.4, -0.2) is 98.3 Å². The highest BCUT2D eigenvalue weighted by molar-refractivity contribution is 7.47. The van der Waals surface area contributed by atoms with Crippen LogP contribution in [0.4, 0.5) is 0 Å². The number of esters is 2. The maximum Gasteiger partial charge on any atom is 0.472 e. The van der Waals surface area contributed by atoms with Gasteiger partial charge in [-0.25, -0.2) is 4.57 Å². The quantitative estimate of drug-likeness (QED) is 0.0173. The lowest BCUT2D eigenvalue weighted by Crippen LogP contribution is -2.64. The fourth-order valence-corrected chi connectivity index (χ4v) is 7.07. The van der Waals surface area contributed by atoms with Crippen molar-refractivity contribution in [2.75, 3.05) is 13.2 Å². The van der Waals surface area contributed by atoms with Crippen LogP contribution in [0.15, 0.2) is 24.3 Å². The standard InChI is InChI=1S/C40H73O13P/c1-3-5-7-9-11-13-15-17-19-20-22-24-26-28-33(41)50-30-32(52-34(42)29-27-25-23-21-18-16-14-12-10-8-6-4-2)31-51-54(48,49)53-40-38(46)36(44)35(43)37(45)39(40)47/h12,14,17,19,32,35-40,43-47H,3-11,13,15-16,18,20-31H2,1-2H3,(H,48,49)/b14-12+,19-17+/t32-,35?,36-,37?,38?,39?,40?/m1/s1. The number of phosphoric ester groups is 1. The van der Waals surface area contributed by atoms with E-state index in [-0.39, 0.29) is 12.8 Å². The number of hydrogen-bond donors (Lipinski definition) is 6. The summed E-state index contributed by atoms with van der Waals surface area (Å²) in [6.45, 7) is 3.22. The molecule has 1 saturated carbocycles. The molecule has 14 heteroatoms. The number of allylic oxidation sites excluding steroid dienone is 4. The molecular formula is C40H73O13P. The van der Waals surface area contributed by atoms with E-state index in [1.54, 1.807) is 0 Å². The number of hydrogen-bond acceptors (Lipinski definition) is 12. The molecule has 0 heterocycles. The monoisotopic (exact) mass is 792 g/mol. The molecule has 0 spiro atoms. The van der Waals surface area contributed by atoms with Gasteiger partial charge in [0.1, 0.15) is 43.2 Å². The van der Waals surface area contributed by atoms with E-state index >= 15 is 0 Å². The zero-order valence-electron chi connectivity index (χ0n) is 33.0. The Labute approximate surface area is 324 Å². The van der Waals surface area contributed by atoms with Crippen LogP contribution in [0.1, 0.15) is 162 Å². The van der Waals surface area contributed by atoms with E-state index in [9.17, 15) is 44.6 Å². The van der Waals surface area contributed by atoms with Gasteiger partial charge in [0, 0.05) is 12.8 Å². The SMILES string of the molecule is CCCCC/C=C/CCCCCCCC(=O)O[C@H](COC(=O)CCCCC/C=C/CCCCCCCC)COP(=O)(O)OC1C(O)C(O)C(O)[C@@H](O)C1O. The van der Waals surface area contributed by atoms with Gasteiger partial charge in [0.25, 0.3) is 0 Å². The minimum atomic E-state index is -5.11. The van der Waals surface area contributed by atoms with Crippen molar-refractivity contribution in [3.05, 3.63) is 24.3 Å². The fourth-order valence-electron chi connectivity index (χ4n) is 6.10. The Hall–Kier alpha value is -1.67. The molecule has 0 radical (unpaired) electrons. The summed E-state index contributed by atoms with van der Waals surface area (Å²) < 4.78 is 33.3. The second-order valence-corrected chi connectivity index (χ2v) is 15.9. The smallest absolute Gasteiger partial charge is 0.462 e. The highest BCUT2D eigenvalue weighted by Crippen LogP contribution is 2.47. The van der Waals surface area contributed by atoms with Crippen molar-refractivity contribution < 1.29 is 63.1 Å². The second kappa shape index (κ2) is 31.4. The third kappa shape index (κ3) is 24.1. The van der Waals surface area contributed by atoms with Gasteiger partial charge in [0.05, 0.1) is 6.61 Å². The van der Waals surface area contributed by atoms with E-state index in [2.05, 4.69) is 38.2 Å². The molecule has 316 valence electrons. The summed E-state index contributed by atoms with van der Waals surface area (Å²) in [5.41, 5.74) is 0. The maximum absolute atomic E-state index is 12.7. The van der Waals surface area contributed by atoms with Crippen LogP contribution >= 0.6 is 7.82 Å². The Morgan fingerprint density at radius 3 is 1.46 bits per heavy atom. The second-order valence-electron chi connectivity index (χ2n) is 14.5. The molecule has 6 N–H and O–H groups in total. The number of carbonyl (C=O) groups excluding carboxylic acids is 2. The number of phosphoric acid groups is 1. The molecule has 0 aliphatic heterocycles. The Kier molecular flexibility index (Phi) is 29.3. The van der Waals surface area contributed by atoms with Crippen LogP contribution < -0.4 is 0 Å². The third-order valence-corrected chi connectivity index (χ3v) is 10.5. The van der Waals surface area contributed by atoms with Crippen LogP contribution in [0.25, 0.3) is 0 Å². The molecule has 0 bridgehead atoms. The van der Waals surface area contributed by atoms with Gasteiger partial charge in [-0.05, 0) is 64.2 Å². The van der Waals surface area contributed by atoms with Crippen molar-refractivity contribution in [3.8, 4) is 0 Å². The van der Waals surface area contributed by atoms with Gasteiger partial charge in [0.15, 0.2) is 6.10 Å². The largest absolute Gasteiger partial charge is 0.472 e. The average Bonchev–Trinajstić information content (AvgIpc) is 3.15. The first-order valence-corrected chi connectivity index (χ1v) is 22.1. The number of aliphatic hydroxyl groups is 5. The molecule has 0 aromatic rings. The van der Waals surface area contributed by atoms with Crippen LogP contribution in [-0.2, 0) is 32.7 Å². The topological polar surface area (TPSA) is 210 Å². The number of carbonyl (C=O) groups is 2. The van der Waals surface area contributed by atoms with Gasteiger partial charge in [-0.1, -0.05) is 109 Å². The van der Waals surface area contributed by atoms with Crippen molar-refractivity contribution in [2.45, 2.75) is 204 Å².